The second-order valence-electron chi connectivity index (χ2n) is 8.19. The molecule has 0 spiro atoms. The summed E-state index contributed by atoms with van der Waals surface area (Å²) in [6.45, 7) is 5.66. The van der Waals surface area contributed by atoms with Gasteiger partial charge in [-0.1, -0.05) is 5.16 Å². The van der Waals surface area contributed by atoms with Crippen LogP contribution in [0.5, 0.6) is 0 Å². The maximum atomic E-state index is 14.5. The lowest BCUT2D eigenvalue weighted by Crippen LogP contribution is -2.43. The normalized spacial score (nSPS) is 19.4. The van der Waals surface area contributed by atoms with E-state index in [1.807, 2.05) is 0 Å². The number of oxime groups is 1. The molecule has 0 aliphatic carbocycles. The van der Waals surface area contributed by atoms with Crippen molar-refractivity contribution in [2.24, 2.45) is 10.9 Å². The van der Waals surface area contributed by atoms with Gasteiger partial charge in [0, 0.05) is 31.4 Å². The van der Waals surface area contributed by atoms with Crippen LogP contribution in [0.1, 0.15) is 37.8 Å². The first-order valence-electron chi connectivity index (χ1n) is 9.56. The molecule has 1 aliphatic heterocycles. The van der Waals surface area contributed by atoms with Crippen molar-refractivity contribution in [3.63, 3.8) is 0 Å². The highest BCUT2D eigenvalue weighted by atomic mass is 19.1. The fourth-order valence-corrected chi connectivity index (χ4v) is 3.36. The quantitative estimate of drug-likeness (QED) is 0.292. The van der Waals surface area contributed by atoms with E-state index < -0.39 is 35.3 Å². The van der Waals surface area contributed by atoms with E-state index in [0.717, 1.165) is 18.2 Å². The van der Waals surface area contributed by atoms with Gasteiger partial charge in [-0.05, 0) is 44.5 Å². The summed E-state index contributed by atoms with van der Waals surface area (Å²) in [7, 11) is 0. The van der Waals surface area contributed by atoms with Gasteiger partial charge in [0.2, 0.25) is 5.95 Å². The van der Waals surface area contributed by atoms with Crippen LogP contribution in [0.15, 0.2) is 35.7 Å². The zero-order valence-electron chi connectivity index (χ0n) is 17.3. The van der Waals surface area contributed by atoms with Crippen molar-refractivity contribution in [2.45, 2.75) is 38.3 Å². The monoisotopic (exact) mass is 434 g/mol. The summed E-state index contributed by atoms with van der Waals surface area (Å²) in [6, 6.07) is 2.63. The first-order chi connectivity index (χ1) is 14.6. The van der Waals surface area contributed by atoms with Gasteiger partial charge in [-0.3, -0.25) is 0 Å². The zero-order valence-corrected chi connectivity index (χ0v) is 17.3. The predicted molar refractivity (Wildman–Crippen MR) is 109 cm³/mol. The molecule has 0 radical (unpaired) electrons. The van der Waals surface area contributed by atoms with Gasteiger partial charge >= 0.3 is 6.09 Å². The smallest absolute Gasteiger partial charge is 0.407 e. The van der Waals surface area contributed by atoms with E-state index in [-0.39, 0.29) is 24.5 Å². The van der Waals surface area contributed by atoms with Crippen molar-refractivity contribution in [3.05, 3.63) is 53.4 Å². The Hall–Kier alpha value is -3.50. The summed E-state index contributed by atoms with van der Waals surface area (Å²) in [5.41, 5.74) is 5.27. The lowest BCUT2D eigenvalue weighted by atomic mass is 9.94. The van der Waals surface area contributed by atoms with Crippen molar-refractivity contribution in [1.29, 1.82) is 0 Å². The summed E-state index contributed by atoms with van der Waals surface area (Å²) < 4.78 is 33.6. The van der Waals surface area contributed by atoms with Crippen LogP contribution in [0.3, 0.4) is 0 Å². The van der Waals surface area contributed by atoms with Gasteiger partial charge in [0.1, 0.15) is 17.2 Å². The van der Waals surface area contributed by atoms with Crippen LogP contribution in [-0.4, -0.2) is 51.8 Å². The number of carbonyl (C=O) groups is 1. The summed E-state index contributed by atoms with van der Waals surface area (Å²) in [6.07, 6.45) is 2.09. The molecule has 1 aliphatic rings. The van der Waals surface area contributed by atoms with Crippen molar-refractivity contribution in [2.75, 3.05) is 18.0 Å². The Morgan fingerprint density at radius 3 is 2.58 bits per heavy atom. The molecular weight excluding hydrogens is 410 g/mol. The molecule has 0 unspecified atom stereocenters. The molecule has 166 valence electrons. The number of alkyl carbamates (subject to hydrolysis) is 1. The summed E-state index contributed by atoms with van der Waals surface area (Å²) in [5, 5.41) is 14.4. The highest BCUT2D eigenvalue weighted by Gasteiger charge is 2.38. The number of rotatable bonds is 4. The van der Waals surface area contributed by atoms with Crippen LogP contribution in [0.4, 0.5) is 19.5 Å². The molecule has 31 heavy (non-hydrogen) atoms. The maximum Gasteiger partial charge on any atom is 0.407 e. The number of hydrogen-bond donors (Lipinski definition) is 3. The lowest BCUT2D eigenvalue weighted by molar-refractivity contribution is 0.0504. The number of nitrogens with two attached hydrogens (primary N) is 1. The molecule has 4 N–H and O–H groups in total. The first kappa shape index (κ1) is 22.2. The second-order valence-corrected chi connectivity index (χ2v) is 8.19. The minimum absolute atomic E-state index is 0.136. The maximum absolute atomic E-state index is 14.5. The number of halogens is 2. The Morgan fingerprint density at radius 1 is 1.29 bits per heavy atom. The molecule has 0 saturated carbocycles. The van der Waals surface area contributed by atoms with Crippen LogP contribution in [0.2, 0.25) is 0 Å². The largest absolute Gasteiger partial charge is 0.444 e. The second kappa shape index (κ2) is 8.70. The molecule has 9 nitrogen and oxygen atoms in total. The van der Waals surface area contributed by atoms with Gasteiger partial charge < -0.3 is 25.9 Å². The third-order valence-corrected chi connectivity index (χ3v) is 4.70. The third-order valence-electron chi connectivity index (χ3n) is 4.70. The number of anilines is 1. The number of hydrogen-bond acceptors (Lipinski definition) is 7. The number of benzene rings is 1. The van der Waals surface area contributed by atoms with Crippen LogP contribution in [-0.2, 0) is 4.74 Å². The van der Waals surface area contributed by atoms with Crippen LogP contribution >= 0.6 is 0 Å². The summed E-state index contributed by atoms with van der Waals surface area (Å²) in [5.74, 6) is -1.57. The number of aromatic nitrogens is 2. The number of carbonyl (C=O) groups excluding carboxylic acids is 1. The molecule has 2 heterocycles. The first-order valence-corrected chi connectivity index (χ1v) is 9.56. The Kier molecular flexibility index (Phi) is 6.23. The minimum Gasteiger partial charge on any atom is -0.444 e. The van der Waals surface area contributed by atoms with Crippen molar-refractivity contribution < 1.29 is 23.5 Å². The lowest BCUT2D eigenvalue weighted by Gasteiger charge is -2.24. The standard InChI is InChI=1S/C20H24F2N6O3/c1-20(2,3)31-19(29)26-16-10-28(18-24-7-11(8-25-18)17(23)27-30)9-14(16)13-6-12(21)4-5-15(13)22/h4-8,14,16,30H,9-10H2,1-3H3,(H2,23,27)(H,26,29)/t14-,16+/m1/s1. The van der Waals surface area contributed by atoms with E-state index >= 15 is 0 Å². The average Bonchev–Trinajstić information content (AvgIpc) is 3.11. The Bertz CT molecular complexity index is 978. The molecule has 1 saturated heterocycles. The predicted octanol–water partition coefficient (Wildman–Crippen LogP) is 2.35. The number of amides is 1. The number of nitrogens with one attached hydrogen (secondary N) is 1. The fraction of sp³-hybridized carbons (Fsp3) is 0.400. The Balaban J connectivity index is 1.87. The van der Waals surface area contributed by atoms with Gasteiger partial charge in [-0.2, -0.15) is 0 Å². The molecule has 1 aromatic carbocycles. The average molecular weight is 434 g/mol. The highest BCUT2D eigenvalue weighted by molar-refractivity contribution is 5.96. The molecular formula is C20H24F2N6O3. The topological polar surface area (TPSA) is 126 Å². The van der Waals surface area contributed by atoms with Crippen LogP contribution in [0, 0.1) is 11.6 Å². The molecule has 2 atom stereocenters. The molecule has 0 bridgehead atoms. The number of ether oxygens (including phenoxy) is 1. The van der Waals surface area contributed by atoms with E-state index in [2.05, 4.69) is 20.4 Å². The highest BCUT2D eigenvalue weighted by Crippen LogP contribution is 2.32. The van der Waals surface area contributed by atoms with Crippen LogP contribution in [0.25, 0.3) is 0 Å². The Morgan fingerprint density at radius 2 is 1.97 bits per heavy atom. The molecule has 11 heteroatoms. The zero-order chi connectivity index (χ0) is 22.8. The van der Waals surface area contributed by atoms with Gasteiger partial charge in [-0.15, -0.1) is 0 Å². The summed E-state index contributed by atoms with van der Waals surface area (Å²) >= 11 is 0. The third kappa shape index (κ3) is 5.36. The van der Waals surface area contributed by atoms with Crippen molar-refractivity contribution >= 4 is 17.9 Å². The number of amidine groups is 1. The van der Waals surface area contributed by atoms with Crippen molar-refractivity contribution in [1.82, 2.24) is 15.3 Å². The molecule has 1 amide bonds. The van der Waals surface area contributed by atoms with Crippen molar-refractivity contribution in [3.8, 4) is 0 Å². The van der Waals surface area contributed by atoms with E-state index in [1.165, 1.54) is 12.4 Å². The van der Waals surface area contributed by atoms with E-state index in [4.69, 9.17) is 15.7 Å². The summed E-state index contributed by atoms with van der Waals surface area (Å²) in [4.78, 5) is 22.5. The van der Waals surface area contributed by atoms with E-state index in [1.54, 1.807) is 25.7 Å². The van der Waals surface area contributed by atoms with Gasteiger partial charge in [0.15, 0.2) is 5.84 Å². The van der Waals surface area contributed by atoms with Gasteiger partial charge in [-0.25, -0.2) is 23.5 Å². The molecule has 1 fully saturated rings. The molecule has 2 aromatic rings. The van der Waals surface area contributed by atoms with Gasteiger partial charge in [0.05, 0.1) is 11.6 Å². The fourth-order valence-electron chi connectivity index (χ4n) is 3.36. The van der Waals surface area contributed by atoms with E-state index in [9.17, 15) is 13.6 Å². The van der Waals surface area contributed by atoms with Gasteiger partial charge in [0.25, 0.3) is 0 Å². The molecule has 3 rings (SSSR count). The minimum atomic E-state index is -0.713. The SMILES string of the molecule is CC(C)(C)OC(=O)N[C@H]1CN(c2ncc(/C(N)=N/O)cn2)C[C@@H]1c1cc(F)ccc1F. The Labute approximate surface area is 177 Å². The molecule has 1 aromatic heterocycles. The van der Waals surface area contributed by atoms with Crippen LogP contribution < -0.4 is 16.0 Å². The van der Waals surface area contributed by atoms with E-state index in [0.29, 0.717) is 11.5 Å². The number of nitrogens with zero attached hydrogens (tertiary/aromatic N) is 4.